The van der Waals surface area contributed by atoms with Crippen LogP contribution in [0.3, 0.4) is 0 Å². The Kier molecular flexibility index (Phi) is 5.76. The minimum absolute atomic E-state index is 0.0700. The monoisotopic (exact) mass is 427 g/mol. The minimum Gasteiger partial charge on any atom is -0.456 e. The van der Waals surface area contributed by atoms with Crippen LogP contribution in [0.1, 0.15) is 13.8 Å². The number of para-hydroxylation sites is 1. The van der Waals surface area contributed by atoms with E-state index in [-0.39, 0.29) is 23.7 Å². The fraction of sp³-hybridized carbons (Fsp3) is 0.364. The number of nitrogens with zero attached hydrogens (tertiary/aromatic N) is 2. The molecular formula is C22H25N3O4S. The van der Waals surface area contributed by atoms with Gasteiger partial charge in [0.1, 0.15) is 16.9 Å². The zero-order valence-corrected chi connectivity index (χ0v) is 17.9. The highest BCUT2D eigenvalue weighted by Crippen LogP contribution is 2.30. The maximum Gasteiger partial charge on any atom is 0.317 e. The third-order valence-electron chi connectivity index (χ3n) is 5.20. The molecule has 1 N–H and O–H groups in total. The summed E-state index contributed by atoms with van der Waals surface area (Å²) in [5.41, 5.74) is 1.52. The Morgan fingerprint density at radius 1 is 1.00 bits per heavy atom. The van der Waals surface area contributed by atoms with Gasteiger partial charge in [0.15, 0.2) is 0 Å². The van der Waals surface area contributed by atoms with Gasteiger partial charge in [-0.15, -0.1) is 0 Å². The van der Waals surface area contributed by atoms with Gasteiger partial charge >= 0.3 is 6.03 Å². The molecule has 1 aromatic heterocycles. The van der Waals surface area contributed by atoms with Crippen molar-refractivity contribution < 1.29 is 18.2 Å². The van der Waals surface area contributed by atoms with E-state index in [0.29, 0.717) is 31.1 Å². The van der Waals surface area contributed by atoms with Gasteiger partial charge in [0.05, 0.1) is 10.8 Å². The van der Waals surface area contributed by atoms with Crippen molar-refractivity contribution >= 4 is 44.7 Å². The number of hydrogen-bond donors (Lipinski definition) is 1. The fourth-order valence-corrected chi connectivity index (χ4v) is 4.67. The number of urea groups is 1. The largest absolute Gasteiger partial charge is 0.456 e. The van der Waals surface area contributed by atoms with Crippen LogP contribution >= 0.6 is 0 Å². The molecule has 3 amide bonds. The third kappa shape index (κ3) is 4.18. The maximum atomic E-state index is 12.9. The highest BCUT2D eigenvalue weighted by Gasteiger charge is 2.25. The van der Waals surface area contributed by atoms with E-state index >= 15 is 0 Å². The van der Waals surface area contributed by atoms with Crippen molar-refractivity contribution in [2.75, 3.05) is 31.9 Å². The summed E-state index contributed by atoms with van der Waals surface area (Å²) in [6, 6.07) is 13.1. The number of amides is 3. The van der Waals surface area contributed by atoms with Crippen molar-refractivity contribution in [2.45, 2.75) is 24.8 Å². The molecule has 7 nitrogen and oxygen atoms in total. The van der Waals surface area contributed by atoms with Crippen molar-refractivity contribution in [3.8, 4) is 0 Å². The van der Waals surface area contributed by atoms with Crippen LogP contribution in [0.25, 0.3) is 21.9 Å². The molecule has 0 spiro atoms. The van der Waals surface area contributed by atoms with Gasteiger partial charge in [-0.2, -0.15) is 0 Å². The van der Waals surface area contributed by atoms with E-state index in [0.717, 1.165) is 21.9 Å². The van der Waals surface area contributed by atoms with E-state index in [4.69, 9.17) is 4.42 Å². The summed E-state index contributed by atoms with van der Waals surface area (Å²) in [5, 5.41) is 4.73. The summed E-state index contributed by atoms with van der Waals surface area (Å²) < 4.78 is 18.7. The molecule has 3 aromatic rings. The van der Waals surface area contributed by atoms with Crippen LogP contribution in [0.4, 0.5) is 4.79 Å². The fourth-order valence-electron chi connectivity index (χ4n) is 3.63. The summed E-state index contributed by atoms with van der Waals surface area (Å²) in [6.45, 7) is 5.68. The molecule has 1 atom stereocenters. The minimum atomic E-state index is -1.45. The molecule has 1 aliphatic rings. The van der Waals surface area contributed by atoms with E-state index in [1.807, 2.05) is 44.2 Å². The molecule has 30 heavy (non-hydrogen) atoms. The van der Waals surface area contributed by atoms with Gasteiger partial charge in [0.25, 0.3) is 0 Å². The quantitative estimate of drug-likeness (QED) is 0.694. The molecule has 158 valence electrons. The summed E-state index contributed by atoms with van der Waals surface area (Å²) >= 11 is 0. The van der Waals surface area contributed by atoms with Crippen LogP contribution < -0.4 is 5.32 Å². The predicted molar refractivity (Wildman–Crippen MR) is 117 cm³/mol. The molecule has 2 aromatic carbocycles. The Morgan fingerprint density at radius 3 is 2.40 bits per heavy atom. The molecule has 1 unspecified atom stereocenters. The average Bonchev–Trinajstić information content (AvgIpc) is 3.11. The second-order valence-corrected chi connectivity index (χ2v) is 9.17. The number of benzene rings is 2. The molecule has 4 rings (SSSR count). The second kappa shape index (κ2) is 8.47. The molecule has 0 saturated carbocycles. The Hall–Kier alpha value is -2.87. The first-order valence-corrected chi connectivity index (χ1v) is 11.4. The zero-order valence-electron chi connectivity index (χ0n) is 17.1. The lowest BCUT2D eigenvalue weighted by Gasteiger charge is -2.35. The standard InChI is InChI=1S/C22H25N3O4S/c1-15(2)23-22(27)25-11-9-24(10-12-25)21(26)14-30(28)16-7-8-20-18(13-16)17-5-3-4-6-19(17)29-20/h3-8,13,15H,9-12,14H2,1-2H3,(H,23,27). The number of carbonyl (C=O) groups excluding carboxylic acids is 2. The summed E-state index contributed by atoms with van der Waals surface area (Å²) in [6.07, 6.45) is 0. The number of rotatable bonds is 4. The topological polar surface area (TPSA) is 82.9 Å². The van der Waals surface area contributed by atoms with Crippen molar-refractivity contribution in [3.05, 3.63) is 42.5 Å². The van der Waals surface area contributed by atoms with E-state index in [1.54, 1.807) is 21.9 Å². The molecule has 2 heterocycles. The SMILES string of the molecule is CC(C)NC(=O)N1CCN(C(=O)CS(=O)c2ccc3oc4ccccc4c3c2)CC1. The Balaban J connectivity index is 1.40. The van der Waals surface area contributed by atoms with Gasteiger partial charge in [-0.05, 0) is 38.1 Å². The molecule has 0 bridgehead atoms. The van der Waals surface area contributed by atoms with Crippen molar-refractivity contribution in [1.82, 2.24) is 15.1 Å². The lowest BCUT2D eigenvalue weighted by Crippen LogP contribution is -2.54. The lowest BCUT2D eigenvalue weighted by atomic mass is 10.1. The van der Waals surface area contributed by atoms with Crippen molar-refractivity contribution in [3.63, 3.8) is 0 Å². The molecule has 1 aliphatic heterocycles. The van der Waals surface area contributed by atoms with Crippen molar-refractivity contribution in [1.29, 1.82) is 0 Å². The van der Waals surface area contributed by atoms with Gasteiger partial charge in [-0.1, -0.05) is 18.2 Å². The van der Waals surface area contributed by atoms with Crippen LogP contribution in [0.15, 0.2) is 51.8 Å². The summed E-state index contributed by atoms with van der Waals surface area (Å²) in [4.78, 5) is 28.7. The number of furan rings is 1. The first-order chi connectivity index (χ1) is 14.4. The van der Waals surface area contributed by atoms with Gasteiger partial charge in [0.2, 0.25) is 5.91 Å². The first-order valence-electron chi connectivity index (χ1n) is 10.1. The van der Waals surface area contributed by atoms with Crippen LogP contribution in [-0.2, 0) is 15.6 Å². The van der Waals surface area contributed by atoms with Crippen LogP contribution in [0.2, 0.25) is 0 Å². The molecule has 0 aliphatic carbocycles. The first kappa shape index (κ1) is 20.4. The van der Waals surface area contributed by atoms with Gasteiger partial charge < -0.3 is 19.5 Å². The lowest BCUT2D eigenvalue weighted by molar-refractivity contribution is -0.129. The van der Waals surface area contributed by atoms with Crippen LogP contribution in [-0.4, -0.2) is 63.9 Å². The van der Waals surface area contributed by atoms with E-state index in [9.17, 15) is 13.8 Å². The molecule has 1 fully saturated rings. The van der Waals surface area contributed by atoms with E-state index in [1.165, 1.54) is 0 Å². The van der Waals surface area contributed by atoms with Crippen molar-refractivity contribution in [2.24, 2.45) is 0 Å². The number of piperazine rings is 1. The maximum absolute atomic E-state index is 12.9. The number of fused-ring (bicyclic) bond motifs is 3. The van der Waals surface area contributed by atoms with Gasteiger partial charge in [-0.3, -0.25) is 9.00 Å². The Morgan fingerprint density at radius 2 is 1.67 bits per heavy atom. The second-order valence-electron chi connectivity index (χ2n) is 7.72. The normalized spacial score (nSPS) is 15.7. The Labute approximate surface area is 177 Å². The highest BCUT2D eigenvalue weighted by molar-refractivity contribution is 7.85. The molecule has 1 saturated heterocycles. The van der Waals surface area contributed by atoms with Crippen LogP contribution in [0.5, 0.6) is 0 Å². The molecule has 0 radical (unpaired) electrons. The predicted octanol–water partition coefficient (Wildman–Crippen LogP) is 2.96. The summed E-state index contributed by atoms with van der Waals surface area (Å²) in [5.74, 6) is -0.228. The zero-order chi connectivity index (χ0) is 21.3. The highest BCUT2D eigenvalue weighted by atomic mass is 32.2. The van der Waals surface area contributed by atoms with E-state index < -0.39 is 10.8 Å². The summed E-state index contributed by atoms with van der Waals surface area (Å²) in [7, 11) is -1.45. The number of hydrogen-bond acceptors (Lipinski definition) is 4. The molecule has 8 heteroatoms. The third-order valence-corrected chi connectivity index (χ3v) is 6.49. The van der Waals surface area contributed by atoms with E-state index in [2.05, 4.69) is 5.32 Å². The Bertz CT molecular complexity index is 1120. The van der Waals surface area contributed by atoms with Crippen LogP contribution in [0, 0.1) is 0 Å². The average molecular weight is 428 g/mol. The number of nitrogens with one attached hydrogen (secondary N) is 1. The number of carbonyl (C=O) groups is 2. The smallest absolute Gasteiger partial charge is 0.317 e. The van der Waals surface area contributed by atoms with Gasteiger partial charge in [-0.25, -0.2) is 4.79 Å². The van der Waals surface area contributed by atoms with Gasteiger partial charge in [0, 0.05) is 47.9 Å². The molecular weight excluding hydrogens is 402 g/mol.